The van der Waals surface area contributed by atoms with E-state index < -0.39 is 12.6 Å². The van der Waals surface area contributed by atoms with E-state index in [0.717, 1.165) is 11.1 Å². The number of ether oxygens (including phenoxy) is 2. The molecule has 0 aromatic heterocycles. The number of amides is 1. The molecule has 154 valence electrons. The van der Waals surface area contributed by atoms with Gasteiger partial charge in [-0.25, -0.2) is 10.2 Å². The first kappa shape index (κ1) is 21.9. The van der Waals surface area contributed by atoms with Gasteiger partial charge in [-0.15, -0.1) is 0 Å². The average Bonchev–Trinajstić information content (AvgIpc) is 2.68. The van der Waals surface area contributed by atoms with Crippen molar-refractivity contribution in [1.82, 2.24) is 5.43 Å². The summed E-state index contributed by atoms with van der Waals surface area (Å²) >= 11 is 0. The van der Waals surface area contributed by atoms with Crippen molar-refractivity contribution in [1.29, 1.82) is 0 Å². The number of rotatable bonds is 9. The number of aryl methyl sites for hydroxylation is 1. The van der Waals surface area contributed by atoms with E-state index in [4.69, 9.17) is 14.6 Å². The normalized spacial score (nSPS) is 11.3. The molecule has 0 heterocycles. The Morgan fingerprint density at radius 3 is 2.55 bits per heavy atom. The number of carbonyl (C=O) groups is 2. The van der Waals surface area contributed by atoms with E-state index in [-0.39, 0.29) is 18.4 Å². The summed E-state index contributed by atoms with van der Waals surface area (Å²) in [5, 5.41) is 12.8. The third-order valence-electron chi connectivity index (χ3n) is 4.11. The van der Waals surface area contributed by atoms with Crippen LogP contribution in [-0.2, 0) is 9.59 Å². The van der Waals surface area contributed by atoms with E-state index >= 15 is 0 Å². The Balaban J connectivity index is 1.96. The van der Waals surface area contributed by atoms with Crippen LogP contribution >= 0.6 is 0 Å². The van der Waals surface area contributed by atoms with E-state index in [9.17, 15) is 9.59 Å². The highest BCUT2D eigenvalue weighted by molar-refractivity contribution is 5.99. The first-order chi connectivity index (χ1) is 13.8. The summed E-state index contributed by atoms with van der Waals surface area (Å²) in [6.45, 7) is 7.26. The Labute approximate surface area is 170 Å². The molecule has 0 aliphatic heterocycles. The quantitative estimate of drug-likeness (QED) is 0.498. The molecule has 2 aromatic rings. The van der Waals surface area contributed by atoms with Crippen LogP contribution in [0.4, 0.5) is 0 Å². The minimum absolute atomic E-state index is 0.151. The lowest BCUT2D eigenvalue weighted by Crippen LogP contribution is -2.26. The number of benzene rings is 2. The Kier molecular flexibility index (Phi) is 7.77. The van der Waals surface area contributed by atoms with Crippen molar-refractivity contribution in [3.63, 3.8) is 0 Å². The van der Waals surface area contributed by atoms with Crippen molar-refractivity contribution < 1.29 is 24.2 Å². The highest BCUT2D eigenvalue weighted by Crippen LogP contribution is 2.27. The van der Waals surface area contributed by atoms with Gasteiger partial charge in [0, 0.05) is 5.56 Å². The van der Waals surface area contributed by atoms with Crippen molar-refractivity contribution >= 4 is 17.6 Å². The van der Waals surface area contributed by atoms with Gasteiger partial charge in [0.05, 0.1) is 5.71 Å². The highest BCUT2D eigenvalue weighted by Gasteiger charge is 2.10. The molecule has 7 heteroatoms. The van der Waals surface area contributed by atoms with Gasteiger partial charge in [-0.05, 0) is 49.1 Å². The number of carbonyl (C=O) groups excluding carboxylic acids is 1. The molecular formula is C22H26N2O5. The fourth-order valence-electron chi connectivity index (χ4n) is 2.59. The van der Waals surface area contributed by atoms with Crippen LogP contribution in [0.3, 0.4) is 0 Å². The predicted molar refractivity (Wildman–Crippen MR) is 111 cm³/mol. The molecule has 2 N–H and O–H groups in total. The summed E-state index contributed by atoms with van der Waals surface area (Å²) in [6, 6.07) is 12.8. The molecule has 2 rings (SSSR count). The van der Waals surface area contributed by atoms with Crippen molar-refractivity contribution in [2.75, 3.05) is 13.2 Å². The summed E-state index contributed by atoms with van der Waals surface area (Å²) in [5.41, 5.74) is 5.83. The zero-order valence-electron chi connectivity index (χ0n) is 17.1. The van der Waals surface area contributed by atoms with Crippen LogP contribution in [-0.4, -0.2) is 35.9 Å². The fraction of sp³-hybridized carbons (Fsp3) is 0.318. The maximum Gasteiger partial charge on any atom is 0.341 e. The highest BCUT2D eigenvalue weighted by atomic mass is 16.5. The first-order valence-corrected chi connectivity index (χ1v) is 9.27. The average molecular weight is 398 g/mol. The Bertz CT molecular complexity index is 906. The molecule has 0 saturated carbocycles. The van der Waals surface area contributed by atoms with Gasteiger partial charge in [0.25, 0.3) is 5.91 Å². The van der Waals surface area contributed by atoms with E-state index in [1.807, 2.05) is 25.1 Å². The summed E-state index contributed by atoms with van der Waals surface area (Å²) in [4.78, 5) is 22.7. The number of carboxylic acids is 1. The van der Waals surface area contributed by atoms with Gasteiger partial charge < -0.3 is 14.6 Å². The molecule has 1 amide bonds. The zero-order chi connectivity index (χ0) is 21.4. The smallest absolute Gasteiger partial charge is 0.341 e. The van der Waals surface area contributed by atoms with Gasteiger partial charge in [-0.3, -0.25) is 4.79 Å². The number of aliphatic carboxylic acids is 1. The lowest BCUT2D eigenvalue weighted by Gasteiger charge is -2.14. The molecule has 0 spiro atoms. The van der Waals surface area contributed by atoms with Crippen molar-refractivity contribution in [3.05, 3.63) is 59.2 Å². The number of hydrazone groups is 1. The van der Waals surface area contributed by atoms with Gasteiger partial charge in [0.15, 0.2) is 13.2 Å². The van der Waals surface area contributed by atoms with E-state index in [2.05, 4.69) is 24.4 Å². The number of nitrogens with zero attached hydrogens (tertiary/aromatic N) is 1. The second kappa shape index (κ2) is 10.3. The van der Waals surface area contributed by atoms with Gasteiger partial charge in [-0.1, -0.05) is 38.1 Å². The van der Waals surface area contributed by atoms with Crippen LogP contribution in [0.25, 0.3) is 0 Å². The molecule has 0 saturated heterocycles. The monoisotopic (exact) mass is 398 g/mol. The van der Waals surface area contributed by atoms with Crippen LogP contribution in [0, 0.1) is 6.92 Å². The Morgan fingerprint density at radius 2 is 1.86 bits per heavy atom. The standard InChI is InChI=1S/C22H26N2O5/c1-14(2)19-9-8-15(3)10-20(19)29-12-21(25)24-23-16(4)17-6-5-7-18(11-17)28-13-22(26)27/h5-11,14H,12-13H2,1-4H3,(H,24,25)(H,26,27)/b23-16-. The van der Waals surface area contributed by atoms with Gasteiger partial charge in [0.1, 0.15) is 11.5 Å². The summed E-state index contributed by atoms with van der Waals surface area (Å²) < 4.78 is 10.8. The van der Waals surface area contributed by atoms with Crippen LogP contribution in [0.5, 0.6) is 11.5 Å². The predicted octanol–water partition coefficient (Wildman–Crippen LogP) is 3.50. The third-order valence-corrected chi connectivity index (χ3v) is 4.11. The topological polar surface area (TPSA) is 97.2 Å². The van der Waals surface area contributed by atoms with Crippen LogP contribution in [0.2, 0.25) is 0 Å². The van der Waals surface area contributed by atoms with Crippen LogP contribution in [0.1, 0.15) is 43.4 Å². The maximum atomic E-state index is 12.1. The van der Waals surface area contributed by atoms with Crippen molar-refractivity contribution in [2.24, 2.45) is 5.10 Å². The second-order valence-corrected chi connectivity index (χ2v) is 6.93. The zero-order valence-corrected chi connectivity index (χ0v) is 17.1. The second-order valence-electron chi connectivity index (χ2n) is 6.93. The minimum atomic E-state index is -1.05. The van der Waals surface area contributed by atoms with Gasteiger partial charge >= 0.3 is 5.97 Å². The molecule has 0 fully saturated rings. The number of hydrogen-bond acceptors (Lipinski definition) is 5. The Morgan fingerprint density at radius 1 is 1.10 bits per heavy atom. The lowest BCUT2D eigenvalue weighted by molar-refractivity contribution is -0.139. The van der Waals surface area contributed by atoms with E-state index in [1.165, 1.54) is 0 Å². The van der Waals surface area contributed by atoms with E-state index in [0.29, 0.717) is 22.8 Å². The number of hydrogen-bond donors (Lipinski definition) is 2. The maximum absolute atomic E-state index is 12.1. The third kappa shape index (κ3) is 6.95. The fourth-order valence-corrected chi connectivity index (χ4v) is 2.59. The SMILES string of the molecule is C/C(=N/NC(=O)COc1cc(C)ccc1C(C)C)c1cccc(OCC(=O)O)c1. The molecule has 2 aromatic carbocycles. The number of carboxylic acid groups (broad SMARTS) is 1. The number of nitrogens with one attached hydrogen (secondary N) is 1. The largest absolute Gasteiger partial charge is 0.483 e. The van der Waals surface area contributed by atoms with E-state index in [1.54, 1.807) is 31.2 Å². The molecule has 0 bridgehead atoms. The summed E-state index contributed by atoms with van der Waals surface area (Å²) in [5.74, 6) is -0.0420. The first-order valence-electron chi connectivity index (χ1n) is 9.27. The summed E-state index contributed by atoms with van der Waals surface area (Å²) in [6.07, 6.45) is 0. The molecule has 0 unspecified atom stereocenters. The molecule has 0 aliphatic carbocycles. The van der Waals surface area contributed by atoms with Crippen LogP contribution in [0.15, 0.2) is 47.6 Å². The molecule has 0 radical (unpaired) electrons. The van der Waals surface area contributed by atoms with Gasteiger partial charge in [-0.2, -0.15) is 5.10 Å². The minimum Gasteiger partial charge on any atom is -0.483 e. The lowest BCUT2D eigenvalue weighted by atomic mass is 10.0. The molecule has 29 heavy (non-hydrogen) atoms. The Hall–Kier alpha value is -3.35. The van der Waals surface area contributed by atoms with Crippen molar-refractivity contribution in [2.45, 2.75) is 33.6 Å². The van der Waals surface area contributed by atoms with Crippen molar-refractivity contribution in [3.8, 4) is 11.5 Å². The van der Waals surface area contributed by atoms with Crippen LogP contribution < -0.4 is 14.9 Å². The molecule has 0 aliphatic rings. The molecule has 0 atom stereocenters. The molecular weight excluding hydrogens is 372 g/mol. The van der Waals surface area contributed by atoms with Gasteiger partial charge in [0.2, 0.25) is 0 Å². The summed E-state index contributed by atoms with van der Waals surface area (Å²) in [7, 11) is 0. The molecule has 7 nitrogen and oxygen atoms in total.